The van der Waals surface area contributed by atoms with Crippen molar-refractivity contribution in [3.63, 3.8) is 0 Å². The molecule has 0 aliphatic carbocycles. The molecule has 0 spiro atoms. The van der Waals surface area contributed by atoms with Gasteiger partial charge in [-0.15, -0.1) is 0 Å². The lowest BCUT2D eigenvalue weighted by Gasteiger charge is -2.53. The minimum atomic E-state index is 0.318. The fourth-order valence-electron chi connectivity index (χ4n) is 2.82. The first kappa shape index (κ1) is 12.0. The monoisotopic (exact) mass is 199 g/mol. The first-order valence-electron chi connectivity index (χ1n) is 5.61. The van der Waals surface area contributed by atoms with Crippen LogP contribution in [0.3, 0.4) is 0 Å². The van der Waals surface area contributed by atoms with Crippen molar-refractivity contribution in [2.24, 2.45) is 5.84 Å². The third-order valence-electron chi connectivity index (χ3n) is 3.52. The van der Waals surface area contributed by atoms with Gasteiger partial charge in [-0.1, -0.05) is 0 Å². The highest BCUT2D eigenvalue weighted by Crippen LogP contribution is 2.37. The Hall–Kier alpha value is -0.120. The Morgan fingerprint density at radius 1 is 1.14 bits per heavy atom. The van der Waals surface area contributed by atoms with Gasteiger partial charge >= 0.3 is 0 Å². The zero-order valence-electron chi connectivity index (χ0n) is 10.1. The van der Waals surface area contributed by atoms with Crippen molar-refractivity contribution in [3.05, 3.63) is 0 Å². The molecule has 0 atom stereocenters. The number of nitrogens with one attached hydrogen (secondary N) is 1. The predicted octanol–water partition coefficient (Wildman–Crippen LogP) is 1.49. The lowest BCUT2D eigenvalue weighted by Crippen LogP contribution is -2.60. The largest absolute Gasteiger partial charge is 0.292 e. The van der Waals surface area contributed by atoms with E-state index in [2.05, 4.69) is 38.0 Å². The summed E-state index contributed by atoms with van der Waals surface area (Å²) in [5.74, 6) is 5.35. The van der Waals surface area contributed by atoms with Crippen LogP contribution in [0.2, 0.25) is 0 Å². The molecule has 0 radical (unpaired) electrons. The van der Waals surface area contributed by atoms with Gasteiger partial charge in [0.25, 0.3) is 0 Å². The molecule has 0 saturated carbocycles. The van der Waals surface area contributed by atoms with Crippen LogP contribution >= 0.6 is 0 Å². The first-order valence-corrected chi connectivity index (χ1v) is 5.61. The summed E-state index contributed by atoms with van der Waals surface area (Å²) in [4.78, 5) is 2.59. The van der Waals surface area contributed by atoms with E-state index in [0.717, 1.165) is 13.1 Å². The van der Waals surface area contributed by atoms with Gasteiger partial charge in [0.2, 0.25) is 0 Å². The molecule has 0 aromatic rings. The van der Waals surface area contributed by atoms with Crippen LogP contribution in [-0.2, 0) is 0 Å². The van der Waals surface area contributed by atoms with Gasteiger partial charge in [-0.2, -0.15) is 0 Å². The van der Waals surface area contributed by atoms with Crippen molar-refractivity contribution in [3.8, 4) is 0 Å². The number of hydrazine groups is 1. The van der Waals surface area contributed by atoms with E-state index in [0.29, 0.717) is 11.1 Å². The maximum atomic E-state index is 5.35. The molecule has 1 fully saturated rings. The van der Waals surface area contributed by atoms with Gasteiger partial charge in [-0.25, -0.2) is 0 Å². The standard InChI is InChI=1S/C11H25N3/c1-10(2)6-5-7-11(3,4)14(10)9-8-13-12/h13H,5-9,12H2,1-4H3. The van der Waals surface area contributed by atoms with Gasteiger partial charge in [-0.05, 0) is 47.0 Å². The zero-order chi connectivity index (χ0) is 10.8. The molecule has 0 amide bonds. The second-order valence-electron chi connectivity index (χ2n) is 5.58. The van der Waals surface area contributed by atoms with Crippen molar-refractivity contribution in [1.82, 2.24) is 10.3 Å². The van der Waals surface area contributed by atoms with Crippen molar-refractivity contribution in [2.45, 2.75) is 58.0 Å². The molecular formula is C11H25N3. The minimum absolute atomic E-state index is 0.318. The molecule has 3 N–H and O–H groups in total. The predicted molar refractivity (Wildman–Crippen MR) is 60.9 cm³/mol. The second-order valence-corrected chi connectivity index (χ2v) is 5.58. The van der Waals surface area contributed by atoms with Crippen LogP contribution in [-0.4, -0.2) is 29.1 Å². The smallest absolute Gasteiger partial charge is 0.0226 e. The summed E-state index contributed by atoms with van der Waals surface area (Å²) < 4.78 is 0. The zero-order valence-corrected chi connectivity index (χ0v) is 10.1. The number of nitrogens with zero attached hydrogens (tertiary/aromatic N) is 1. The Morgan fingerprint density at radius 2 is 1.64 bits per heavy atom. The maximum Gasteiger partial charge on any atom is 0.0226 e. The summed E-state index contributed by atoms with van der Waals surface area (Å²) in [5, 5.41) is 0. The van der Waals surface area contributed by atoms with E-state index in [9.17, 15) is 0 Å². The SMILES string of the molecule is CC1(C)CCCC(C)(C)N1CCNN. The molecular weight excluding hydrogens is 174 g/mol. The van der Waals surface area contributed by atoms with Crippen LogP contribution < -0.4 is 11.3 Å². The van der Waals surface area contributed by atoms with Crippen LogP contribution in [0.15, 0.2) is 0 Å². The average molecular weight is 199 g/mol. The minimum Gasteiger partial charge on any atom is -0.292 e. The summed E-state index contributed by atoms with van der Waals surface area (Å²) in [7, 11) is 0. The number of hydrogen-bond acceptors (Lipinski definition) is 3. The number of piperidine rings is 1. The molecule has 0 aromatic carbocycles. The fourth-order valence-corrected chi connectivity index (χ4v) is 2.82. The quantitative estimate of drug-likeness (QED) is 0.534. The summed E-state index contributed by atoms with van der Waals surface area (Å²) in [6, 6.07) is 0. The van der Waals surface area contributed by atoms with Crippen LogP contribution in [0.4, 0.5) is 0 Å². The van der Waals surface area contributed by atoms with Gasteiger partial charge < -0.3 is 0 Å². The van der Waals surface area contributed by atoms with E-state index in [1.165, 1.54) is 19.3 Å². The molecule has 1 rings (SSSR count). The van der Waals surface area contributed by atoms with Crippen molar-refractivity contribution < 1.29 is 0 Å². The Morgan fingerprint density at radius 3 is 2.07 bits per heavy atom. The molecule has 3 heteroatoms. The maximum absolute atomic E-state index is 5.35. The average Bonchev–Trinajstić information content (AvgIpc) is 2.01. The van der Waals surface area contributed by atoms with Gasteiger partial charge in [0.05, 0.1) is 0 Å². The van der Waals surface area contributed by atoms with Crippen LogP contribution in [0.1, 0.15) is 47.0 Å². The summed E-state index contributed by atoms with van der Waals surface area (Å²) in [6.07, 6.45) is 3.93. The number of hydrogen-bond donors (Lipinski definition) is 2. The number of rotatable bonds is 3. The lowest BCUT2D eigenvalue weighted by atomic mass is 9.80. The Kier molecular flexibility index (Phi) is 3.56. The first-order chi connectivity index (χ1) is 6.40. The van der Waals surface area contributed by atoms with Crippen LogP contribution in [0.5, 0.6) is 0 Å². The Bertz CT molecular complexity index is 171. The highest BCUT2D eigenvalue weighted by atomic mass is 15.3. The van der Waals surface area contributed by atoms with Crippen molar-refractivity contribution in [2.75, 3.05) is 13.1 Å². The molecule has 1 aliphatic rings. The molecule has 0 unspecified atom stereocenters. The fraction of sp³-hybridized carbons (Fsp3) is 1.00. The van der Waals surface area contributed by atoms with E-state index >= 15 is 0 Å². The van der Waals surface area contributed by atoms with Crippen LogP contribution in [0, 0.1) is 0 Å². The van der Waals surface area contributed by atoms with Gasteiger partial charge in [-0.3, -0.25) is 16.2 Å². The highest BCUT2D eigenvalue weighted by Gasteiger charge is 2.40. The molecule has 14 heavy (non-hydrogen) atoms. The Balaban J connectivity index is 2.70. The Labute approximate surface area is 88.0 Å². The van der Waals surface area contributed by atoms with E-state index in [1.807, 2.05) is 0 Å². The van der Waals surface area contributed by atoms with E-state index in [4.69, 9.17) is 5.84 Å². The van der Waals surface area contributed by atoms with E-state index in [1.54, 1.807) is 0 Å². The van der Waals surface area contributed by atoms with Crippen molar-refractivity contribution >= 4 is 0 Å². The second kappa shape index (κ2) is 4.17. The third-order valence-corrected chi connectivity index (χ3v) is 3.52. The lowest BCUT2D eigenvalue weighted by molar-refractivity contribution is -0.0252. The number of likely N-dealkylation sites (tertiary alicyclic amines) is 1. The van der Waals surface area contributed by atoms with Gasteiger partial charge in [0, 0.05) is 24.2 Å². The van der Waals surface area contributed by atoms with Gasteiger partial charge in [0.1, 0.15) is 0 Å². The summed E-state index contributed by atoms with van der Waals surface area (Å²) in [6.45, 7) is 11.3. The molecule has 1 saturated heterocycles. The summed E-state index contributed by atoms with van der Waals surface area (Å²) >= 11 is 0. The van der Waals surface area contributed by atoms with Crippen molar-refractivity contribution in [1.29, 1.82) is 0 Å². The van der Waals surface area contributed by atoms with Gasteiger partial charge in [0.15, 0.2) is 0 Å². The molecule has 0 bridgehead atoms. The molecule has 1 heterocycles. The summed E-state index contributed by atoms with van der Waals surface area (Å²) in [5.41, 5.74) is 3.38. The number of nitrogens with two attached hydrogens (primary N) is 1. The molecule has 0 aromatic heterocycles. The highest BCUT2D eigenvalue weighted by molar-refractivity contribution is 4.96. The van der Waals surface area contributed by atoms with E-state index in [-0.39, 0.29) is 0 Å². The molecule has 84 valence electrons. The topological polar surface area (TPSA) is 41.3 Å². The molecule has 1 aliphatic heterocycles. The molecule has 3 nitrogen and oxygen atoms in total. The third kappa shape index (κ3) is 2.47. The van der Waals surface area contributed by atoms with E-state index < -0.39 is 0 Å². The normalized spacial score (nSPS) is 26.4. The van der Waals surface area contributed by atoms with Crippen LogP contribution in [0.25, 0.3) is 0 Å².